The first-order chi connectivity index (χ1) is 18.5. The lowest BCUT2D eigenvalue weighted by Crippen LogP contribution is -2.26. The number of carbonyl (C=O) groups is 2. The maximum Gasteiger partial charge on any atom is 0.324 e. The molecule has 3 amide bonds. The first kappa shape index (κ1) is 27.3. The average molecular weight is 531 g/mol. The number of hydrogen-bond acceptors (Lipinski definition) is 5. The van der Waals surface area contributed by atoms with E-state index in [1.54, 1.807) is 71.2 Å². The average Bonchev–Trinajstić information content (AvgIpc) is 3.33. The zero-order valence-corrected chi connectivity index (χ0v) is 22.5. The van der Waals surface area contributed by atoms with Crippen molar-refractivity contribution in [3.63, 3.8) is 0 Å². The summed E-state index contributed by atoms with van der Waals surface area (Å²) in [6.07, 6.45) is 1.52. The maximum atomic E-state index is 13.5. The van der Waals surface area contributed by atoms with Crippen molar-refractivity contribution in [1.29, 1.82) is 0 Å². The van der Waals surface area contributed by atoms with E-state index >= 15 is 0 Å². The number of rotatable bonds is 7. The van der Waals surface area contributed by atoms with E-state index in [2.05, 4.69) is 20.7 Å². The summed E-state index contributed by atoms with van der Waals surface area (Å²) in [4.78, 5) is 30.9. The number of urea groups is 1. The normalized spacial score (nSPS) is 11.1. The first-order valence-corrected chi connectivity index (χ1v) is 12.5. The van der Waals surface area contributed by atoms with Crippen LogP contribution in [-0.2, 0) is 5.41 Å². The van der Waals surface area contributed by atoms with Crippen LogP contribution in [0.25, 0.3) is 5.69 Å². The van der Waals surface area contributed by atoms with Crippen LogP contribution < -0.4 is 15.4 Å². The maximum absolute atomic E-state index is 13.5. The van der Waals surface area contributed by atoms with Gasteiger partial charge in [-0.05, 0) is 61.5 Å². The number of pyridine rings is 1. The Hall–Kier alpha value is -4.73. The predicted molar refractivity (Wildman–Crippen MR) is 148 cm³/mol. The Morgan fingerprint density at radius 2 is 1.67 bits per heavy atom. The van der Waals surface area contributed by atoms with E-state index in [0.717, 1.165) is 5.69 Å². The molecule has 2 N–H and O–H groups in total. The second-order valence-corrected chi connectivity index (χ2v) is 9.95. The molecule has 4 rings (SSSR count). The van der Waals surface area contributed by atoms with Crippen molar-refractivity contribution in [2.75, 3.05) is 24.2 Å². The molecule has 0 atom stereocenters. The van der Waals surface area contributed by atoms with Gasteiger partial charge in [0.1, 0.15) is 28.8 Å². The van der Waals surface area contributed by atoms with Crippen molar-refractivity contribution in [3.8, 4) is 17.2 Å². The molecule has 0 saturated heterocycles. The molecule has 9 nitrogen and oxygen atoms in total. The summed E-state index contributed by atoms with van der Waals surface area (Å²) < 4.78 is 20.9. The Bertz CT molecular complexity index is 1460. The fraction of sp³-hybridized carbons (Fsp3) is 0.241. The molecule has 10 heteroatoms. The lowest BCUT2D eigenvalue weighted by atomic mass is 9.92. The van der Waals surface area contributed by atoms with E-state index in [-0.39, 0.29) is 17.1 Å². The van der Waals surface area contributed by atoms with Gasteiger partial charge in [-0.2, -0.15) is 5.10 Å². The molecule has 0 radical (unpaired) electrons. The monoisotopic (exact) mass is 530 g/mol. The van der Waals surface area contributed by atoms with Crippen LogP contribution in [0.3, 0.4) is 0 Å². The highest BCUT2D eigenvalue weighted by atomic mass is 19.1. The number of carbonyl (C=O) groups excluding carboxylic acids is 2. The number of benzene rings is 2. The molecule has 2 aromatic heterocycles. The number of aromatic nitrogens is 3. The summed E-state index contributed by atoms with van der Waals surface area (Å²) in [6.45, 7) is 8.52. The minimum Gasteiger partial charge on any atom is -0.457 e. The third-order valence-electron chi connectivity index (χ3n) is 5.91. The molecule has 0 aliphatic heterocycles. The Kier molecular flexibility index (Phi) is 7.94. The van der Waals surface area contributed by atoms with Gasteiger partial charge in [-0.15, -0.1) is 0 Å². The predicted octanol–water partition coefficient (Wildman–Crippen LogP) is 6.23. The molecular formula is C29H31FN6O3. The van der Waals surface area contributed by atoms with Crippen LogP contribution in [0.1, 0.15) is 43.9 Å². The third kappa shape index (κ3) is 6.78. The summed E-state index contributed by atoms with van der Waals surface area (Å²) in [5.41, 5.74) is 1.96. The van der Waals surface area contributed by atoms with Crippen molar-refractivity contribution < 1.29 is 18.7 Å². The third-order valence-corrected chi connectivity index (χ3v) is 5.91. The molecule has 0 aliphatic carbocycles. The largest absolute Gasteiger partial charge is 0.457 e. The lowest BCUT2D eigenvalue weighted by molar-refractivity contribution is 0.0796. The standard InChI is InChI=1S/C29H31FN6O3/c1-6-35(5)27(37)24-17-23(15-16-31-24)39-22-13-9-20(10-14-22)32-28(38)33-26-18-25(29(2,3)4)34-36(26)21-11-7-19(30)8-12-21/h7-18H,6H2,1-5H3,(H2,32,33,38). The minimum atomic E-state index is -0.468. The Labute approximate surface area is 226 Å². The van der Waals surface area contributed by atoms with Crippen LogP contribution in [0.2, 0.25) is 0 Å². The SMILES string of the molecule is CCN(C)C(=O)c1cc(Oc2ccc(NC(=O)Nc3cc(C(C)(C)C)nn3-c3ccc(F)cc3)cc2)ccn1. The smallest absolute Gasteiger partial charge is 0.324 e. The summed E-state index contributed by atoms with van der Waals surface area (Å²) in [5.74, 6) is 0.895. The Morgan fingerprint density at radius 3 is 2.31 bits per heavy atom. The van der Waals surface area contributed by atoms with Crippen molar-refractivity contribution in [2.45, 2.75) is 33.1 Å². The van der Waals surface area contributed by atoms with E-state index < -0.39 is 6.03 Å². The van der Waals surface area contributed by atoms with E-state index in [1.807, 2.05) is 27.7 Å². The van der Waals surface area contributed by atoms with Gasteiger partial charge in [-0.1, -0.05) is 20.8 Å². The number of nitrogens with one attached hydrogen (secondary N) is 2. The topological polar surface area (TPSA) is 101 Å². The molecule has 39 heavy (non-hydrogen) atoms. The number of amides is 3. The number of anilines is 2. The molecule has 0 fully saturated rings. The van der Waals surface area contributed by atoms with Gasteiger partial charge in [0, 0.05) is 43.0 Å². The van der Waals surface area contributed by atoms with Crippen LogP contribution >= 0.6 is 0 Å². The number of halogens is 1. The van der Waals surface area contributed by atoms with Crippen LogP contribution in [0, 0.1) is 5.82 Å². The molecule has 4 aromatic rings. The van der Waals surface area contributed by atoms with Crippen LogP contribution in [0.4, 0.5) is 20.7 Å². The van der Waals surface area contributed by atoms with E-state index in [1.165, 1.54) is 18.3 Å². The van der Waals surface area contributed by atoms with Gasteiger partial charge in [-0.25, -0.2) is 13.9 Å². The van der Waals surface area contributed by atoms with Gasteiger partial charge in [0.05, 0.1) is 11.4 Å². The van der Waals surface area contributed by atoms with Gasteiger partial charge in [0.15, 0.2) is 0 Å². The van der Waals surface area contributed by atoms with Crippen molar-refractivity contribution in [1.82, 2.24) is 19.7 Å². The van der Waals surface area contributed by atoms with Gasteiger partial charge < -0.3 is 15.0 Å². The molecule has 0 aliphatic rings. The van der Waals surface area contributed by atoms with Crippen LogP contribution in [0.15, 0.2) is 72.9 Å². The highest BCUT2D eigenvalue weighted by molar-refractivity contribution is 5.99. The zero-order chi connectivity index (χ0) is 28.2. The molecule has 202 valence electrons. The molecule has 0 unspecified atom stereocenters. The Balaban J connectivity index is 1.44. The van der Waals surface area contributed by atoms with Crippen molar-refractivity contribution >= 4 is 23.4 Å². The summed E-state index contributed by atoms with van der Waals surface area (Å²) in [5, 5.41) is 10.3. The second-order valence-electron chi connectivity index (χ2n) is 9.95. The second kappa shape index (κ2) is 11.3. The highest BCUT2D eigenvalue weighted by Gasteiger charge is 2.21. The summed E-state index contributed by atoms with van der Waals surface area (Å²) in [7, 11) is 1.71. The number of hydrogen-bond donors (Lipinski definition) is 2. The van der Waals surface area contributed by atoms with E-state index in [9.17, 15) is 14.0 Å². The summed E-state index contributed by atoms with van der Waals surface area (Å²) in [6, 6.07) is 17.3. The fourth-order valence-corrected chi connectivity index (χ4v) is 3.57. The molecule has 0 spiro atoms. The number of nitrogens with zero attached hydrogens (tertiary/aromatic N) is 4. The molecule has 0 saturated carbocycles. The van der Waals surface area contributed by atoms with Crippen LogP contribution in [-0.4, -0.2) is 45.2 Å². The van der Waals surface area contributed by atoms with Gasteiger partial charge >= 0.3 is 6.03 Å². The minimum absolute atomic E-state index is 0.191. The number of ether oxygens (including phenoxy) is 1. The van der Waals surface area contributed by atoms with Crippen molar-refractivity contribution in [3.05, 3.63) is 90.1 Å². The highest BCUT2D eigenvalue weighted by Crippen LogP contribution is 2.27. The molecule has 0 bridgehead atoms. The molecule has 2 aromatic carbocycles. The van der Waals surface area contributed by atoms with Crippen molar-refractivity contribution in [2.24, 2.45) is 0 Å². The molecule has 2 heterocycles. The Morgan fingerprint density at radius 1 is 0.974 bits per heavy atom. The first-order valence-electron chi connectivity index (χ1n) is 12.5. The van der Waals surface area contributed by atoms with Gasteiger partial charge in [0.25, 0.3) is 5.91 Å². The lowest BCUT2D eigenvalue weighted by Gasteiger charge is -2.14. The van der Waals surface area contributed by atoms with Gasteiger partial charge in [0.2, 0.25) is 0 Å². The van der Waals surface area contributed by atoms with Crippen LogP contribution in [0.5, 0.6) is 11.5 Å². The van der Waals surface area contributed by atoms with E-state index in [0.29, 0.717) is 40.9 Å². The molecular weight excluding hydrogens is 499 g/mol. The zero-order valence-electron chi connectivity index (χ0n) is 22.5. The fourth-order valence-electron chi connectivity index (χ4n) is 3.57. The van der Waals surface area contributed by atoms with E-state index in [4.69, 9.17) is 4.74 Å². The summed E-state index contributed by atoms with van der Waals surface area (Å²) >= 11 is 0. The van der Waals surface area contributed by atoms with Gasteiger partial charge in [-0.3, -0.25) is 15.1 Å². The quantitative estimate of drug-likeness (QED) is 0.295.